The van der Waals surface area contributed by atoms with E-state index in [1.807, 2.05) is 6.08 Å². The summed E-state index contributed by atoms with van der Waals surface area (Å²) in [6.45, 7) is 11.3. The number of anilines is 1. The Morgan fingerprint density at radius 1 is 1.47 bits per heavy atom. The summed E-state index contributed by atoms with van der Waals surface area (Å²) in [5.41, 5.74) is 2.91. The van der Waals surface area contributed by atoms with E-state index in [4.69, 9.17) is 0 Å². The van der Waals surface area contributed by atoms with Crippen LogP contribution in [-0.4, -0.2) is 18.6 Å². The summed E-state index contributed by atoms with van der Waals surface area (Å²) < 4.78 is 0. The fraction of sp³-hybridized carbons (Fsp3) is 0.467. The molecular formula is C15H22N2. The van der Waals surface area contributed by atoms with Crippen molar-refractivity contribution in [3.63, 3.8) is 0 Å². The van der Waals surface area contributed by atoms with Crippen LogP contribution in [0.4, 0.5) is 5.69 Å². The first-order chi connectivity index (χ1) is 8.18. The van der Waals surface area contributed by atoms with Crippen molar-refractivity contribution in [3.8, 4) is 0 Å². The minimum atomic E-state index is 0.183. The highest BCUT2D eigenvalue weighted by molar-refractivity contribution is 5.55. The molecule has 0 aromatic heterocycles. The van der Waals surface area contributed by atoms with E-state index in [1.165, 1.54) is 11.3 Å². The Morgan fingerprint density at radius 2 is 2.24 bits per heavy atom. The van der Waals surface area contributed by atoms with Gasteiger partial charge in [-0.05, 0) is 25.0 Å². The summed E-state index contributed by atoms with van der Waals surface area (Å²) in [5, 5.41) is 3.68. The van der Waals surface area contributed by atoms with Crippen molar-refractivity contribution in [2.75, 3.05) is 18.0 Å². The number of nitrogens with one attached hydrogen (secondary N) is 1. The zero-order valence-corrected chi connectivity index (χ0v) is 10.9. The monoisotopic (exact) mass is 230 g/mol. The van der Waals surface area contributed by atoms with Crippen LogP contribution in [0.5, 0.6) is 0 Å². The van der Waals surface area contributed by atoms with Crippen LogP contribution in [0, 0.1) is 0 Å². The van der Waals surface area contributed by atoms with Crippen molar-refractivity contribution < 1.29 is 0 Å². The molecule has 0 radical (unpaired) electrons. The Kier molecular flexibility index (Phi) is 3.53. The predicted molar refractivity (Wildman–Crippen MR) is 74.4 cm³/mol. The third-order valence-corrected chi connectivity index (χ3v) is 3.71. The van der Waals surface area contributed by atoms with Crippen LogP contribution in [0.25, 0.3) is 0 Å². The number of para-hydroxylation sites is 1. The number of rotatable bonds is 3. The number of fused-ring (bicyclic) bond motifs is 1. The van der Waals surface area contributed by atoms with Gasteiger partial charge in [-0.2, -0.15) is 0 Å². The van der Waals surface area contributed by atoms with Crippen LogP contribution < -0.4 is 10.2 Å². The average Bonchev–Trinajstić information content (AvgIpc) is 2.49. The Hall–Kier alpha value is -1.28. The van der Waals surface area contributed by atoms with E-state index in [0.29, 0.717) is 0 Å². The van der Waals surface area contributed by atoms with E-state index in [-0.39, 0.29) is 5.54 Å². The van der Waals surface area contributed by atoms with Crippen LogP contribution in [-0.2, 0) is 6.54 Å². The maximum atomic E-state index is 3.87. The molecule has 1 unspecified atom stereocenters. The van der Waals surface area contributed by atoms with Crippen LogP contribution in [0.2, 0.25) is 0 Å². The van der Waals surface area contributed by atoms with Crippen LogP contribution in [0.3, 0.4) is 0 Å². The molecule has 0 amide bonds. The highest BCUT2D eigenvalue weighted by Gasteiger charge is 2.28. The molecule has 1 aromatic rings. The van der Waals surface area contributed by atoms with Gasteiger partial charge in [0, 0.05) is 30.9 Å². The molecule has 0 fully saturated rings. The molecule has 1 heterocycles. The van der Waals surface area contributed by atoms with Gasteiger partial charge in [0.25, 0.3) is 0 Å². The van der Waals surface area contributed by atoms with Gasteiger partial charge in [-0.15, -0.1) is 6.58 Å². The topological polar surface area (TPSA) is 15.3 Å². The molecule has 2 heteroatoms. The standard InChI is InChI=1S/C15H22N2/c1-4-10-17-12-15(3,5-2)16-11-13-8-6-7-9-14(13)17/h4,6-9,16H,1,5,10-12H2,2-3H3. The molecule has 0 spiro atoms. The molecule has 1 aliphatic rings. The fourth-order valence-electron chi connectivity index (χ4n) is 2.40. The molecule has 1 atom stereocenters. The summed E-state index contributed by atoms with van der Waals surface area (Å²) in [6.07, 6.45) is 3.12. The first kappa shape index (κ1) is 12.2. The lowest BCUT2D eigenvalue weighted by Crippen LogP contribution is -2.48. The van der Waals surface area contributed by atoms with Crippen molar-refractivity contribution in [2.24, 2.45) is 0 Å². The van der Waals surface area contributed by atoms with Gasteiger partial charge in [-0.1, -0.05) is 31.2 Å². The maximum absolute atomic E-state index is 3.87. The Labute approximate surface area is 104 Å². The number of benzene rings is 1. The van der Waals surface area contributed by atoms with Gasteiger partial charge in [0.05, 0.1) is 0 Å². The van der Waals surface area contributed by atoms with E-state index in [0.717, 1.165) is 26.1 Å². The lowest BCUT2D eigenvalue weighted by Gasteiger charge is -2.33. The summed E-state index contributed by atoms with van der Waals surface area (Å²) in [5.74, 6) is 0. The normalized spacial score (nSPS) is 24.0. The molecule has 1 N–H and O–H groups in total. The molecule has 0 aliphatic carbocycles. The highest BCUT2D eigenvalue weighted by Crippen LogP contribution is 2.27. The highest BCUT2D eigenvalue weighted by atomic mass is 15.2. The van der Waals surface area contributed by atoms with Crippen molar-refractivity contribution in [1.82, 2.24) is 5.32 Å². The van der Waals surface area contributed by atoms with Crippen molar-refractivity contribution in [1.29, 1.82) is 0 Å². The largest absolute Gasteiger partial charge is 0.366 e. The predicted octanol–water partition coefficient (Wildman–Crippen LogP) is 2.95. The van der Waals surface area contributed by atoms with Crippen molar-refractivity contribution >= 4 is 5.69 Å². The van der Waals surface area contributed by atoms with E-state index in [1.54, 1.807) is 0 Å². The number of hydrogen-bond donors (Lipinski definition) is 1. The average molecular weight is 230 g/mol. The maximum Gasteiger partial charge on any atom is 0.0415 e. The molecule has 1 aliphatic heterocycles. The quantitative estimate of drug-likeness (QED) is 0.803. The Morgan fingerprint density at radius 3 is 2.94 bits per heavy atom. The van der Waals surface area contributed by atoms with Crippen molar-refractivity contribution in [2.45, 2.75) is 32.4 Å². The summed E-state index contributed by atoms with van der Waals surface area (Å²) in [6, 6.07) is 8.65. The molecule has 0 bridgehead atoms. The van der Waals surface area contributed by atoms with Gasteiger partial charge >= 0.3 is 0 Å². The molecule has 2 nitrogen and oxygen atoms in total. The molecule has 0 saturated carbocycles. The summed E-state index contributed by atoms with van der Waals surface area (Å²) in [7, 11) is 0. The van der Waals surface area contributed by atoms with Gasteiger partial charge in [0.15, 0.2) is 0 Å². The Bertz CT molecular complexity index is 400. The van der Waals surface area contributed by atoms with Crippen LogP contribution in [0.1, 0.15) is 25.8 Å². The molecule has 2 rings (SSSR count). The third-order valence-electron chi connectivity index (χ3n) is 3.71. The van der Waals surface area contributed by atoms with Gasteiger partial charge in [0.1, 0.15) is 0 Å². The van der Waals surface area contributed by atoms with Gasteiger partial charge < -0.3 is 10.2 Å². The van der Waals surface area contributed by atoms with Gasteiger partial charge in [-0.3, -0.25) is 0 Å². The minimum Gasteiger partial charge on any atom is -0.366 e. The van der Waals surface area contributed by atoms with E-state index < -0.39 is 0 Å². The lowest BCUT2D eigenvalue weighted by molar-refractivity contribution is 0.351. The van der Waals surface area contributed by atoms with E-state index >= 15 is 0 Å². The molecule has 0 saturated heterocycles. The third kappa shape index (κ3) is 2.52. The second-order valence-corrected chi connectivity index (χ2v) is 5.07. The molecule has 17 heavy (non-hydrogen) atoms. The second kappa shape index (κ2) is 4.92. The minimum absolute atomic E-state index is 0.183. The van der Waals surface area contributed by atoms with Crippen LogP contribution >= 0.6 is 0 Å². The van der Waals surface area contributed by atoms with Gasteiger partial charge in [-0.25, -0.2) is 0 Å². The molecular weight excluding hydrogens is 208 g/mol. The fourth-order valence-corrected chi connectivity index (χ4v) is 2.40. The number of nitrogens with zero attached hydrogens (tertiary/aromatic N) is 1. The zero-order valence-electron chi connectivity index (χ0n) is 10.9. The summed E-state index contributed by atoms with van der Waals surface area (Å²) in [4.78, 5) is 2.42. The smallest absolute Gasteiger partial charge is 0.0415 e. The second-order valence-electron chi connectivity index (χ2n) is 5.07. The van der Waals surface area contributed by atoms with E-state index in [9.17, 15) is 0 Å². The molecule has 1 aromatic carbocycles. The lowest BCUT2D eigenvalue weighted by atomic mass is 9.98. The SMILES string of the molecule is C=CCN1CC(C)(CC)NCc2ccccc21. The summed E-state index contributed by atoms with van der Waals surface area (Å²) >= 11 is 0. The first-order valence-corrected chi connectivity index (χ1v) is 6.37. The van der Waals surface area contributed by atoms with E-state index in [2.05, 4.69) is 54.9 Å². The number of hydrogen-bond acceptors (Lipinski definition) is 2. The van der Waals surface area contributed by atoms with Crippen LogP contribution in [0.15, 0.2) is 36.9 Å². The van der Waals surface area contributed by atoms with Gasteiger partial charge in [0.2, 0.25) is 0 Å². The first-order valence-electron chi connectivity index (χ1n) is 6.37. The van der Waals surface area contributed by atoms with Crippen molar-refractivity contribution in [3.05, 3.63) is 42.5 Å². The molecule has 92 valence electrons. The zero-order chi connectivity index (χ0) is 12.3. The Balaban J connectivity index is 2.35.